The molecule has 1 aliphatic heterocycles. The average molecular weight is 550 g/mol. The number of pyridine rings is 1. The van der Waals surface area contributed by atoms with Crippen LogP contribution in [-0.2, 0) is 29.2 Å². The summed E-state index contributed by atoms with van der Waals surface area (Å²) in [4.78, 5) is 34.2. The molecule has 202 valence electrons. The van der Waals surface area contributed by atoms with Crippen molar-refractivity contribution in [1.82, 2.24) is 14.0 Å². The minimum Gasteiger partial charge on any atom is -0.489 e. The minimum absolute atomic E-state index is 0.115. The van der Waals surface area contributed by atoms with Crippen LogP contribution in [0.1, 0.15) is 11.3 Å². The van der Waals surface area contributed by atoms with E-state index in [1.807, 2.05) is 36.4 Å². The topological polar surface area (TPSA) is 114 Å². The number of carbonyl (C=O) groups is 2. The molecule has 0 spiro atoms. The van der Waals surface area contributed by atoms with Gasteiger partial charge < -0.3 is 24.4 Å². The van der Waals surface area contributed by atoms with Crippen molar-refractivity contribution < 1.29 is 24.5 Å². The lowest BCUT2D eigenvalue weighted by molar-refractivity contribution is -0.134. The Hall–Kier alpha value is -4.34. The van der Waals surface area contributed by atoms with Gasteiger partial charge in [0.25, 0.3) is 5.56 Å². The number of likely N-dealkylation sites (N-methyl/N-ethyl adjacent to an activating group) is 1. The molecule has 0 radical (unpaired) electrons. The summed E-state index contributed by atoms with van der Waals surface area (Å²) in [5.74, 6) is -1.96. The van der Waals surface area contributed by atoms with Gasteiger partial charge in [-0.05, 0) is 55.1 Å². The number of rotatable bonds is 6. The van der Waals surface area contributed by atoms with E-state index in [9.17, 15) is 14.4 Å². The van der Waals surface area contributed by atoms with Crippen LogP contribution < -0.4 is 10.3 Å². The number of hydrogen-bond acceptors (Lipinski definition) is 5. The molecule has 0 saturated carbocycles. The highest BCUT2D eigenvalue weighted by Crippen LogP contribution is 2.25. The molecule has 0 atom stereocenters. The molecule has 0 fully saturated rings. The quantitative estimate of drug-likeness (QED) is 0.346. The normalized spacial score (nSPS) is 13.4. The number of carboxylic acids is 2. The predicted molar refractivity (Wildman–Crippen MR) is 149 cm³/mol. The molecule has 0 amide bonds. The fourth-order valence-corrected chi connectivity index (χ4v) is 4.40. The molecule has 0 saturated heterocycles. The second kappa shape index (κ2) is 12.5. The van der Waals surface area contributed by atoms with Crippen LogP contribution in [0.15, 0.2) is 83.8 Å². The minimum atomic E-state index is -1.26. The standard InChI is InChI=1S/C25H24ClN3O2.C4H4O4/c1-27-10-8-22-15-19-14-21(6-7-24(19)28(22)13-12-27)29-11-9-23(16-25(29)30)31-17-18-2-4-20(26)5-3-18;5-3(6)1-2-4(7)8/h2-7,9,11,14-16H,8,10,12-13,17H2,1H3;1-2H,(H,5,6)(H,7,8)/b;2-1-. The zero-order valence-electron chi connectivity index (χ0n) is 21.3. The van der Waals surface area contributed by atoms with Crippen LogP contribution >= 0.6 is 11.6 Å². The molecule has 0 unspecified atom stereocenters. The number of fused-ring (bicyclic) bond motifs is 3. The van der Waals surface area contributed by atoms with E-state index in [0.29, 0.717) is 29.5 Å². The number of ether oxygens (including phenoxy) is 1. The summed E-state index contributed by atoms with van der Waals surface area (Å²) >= 11 is 5.92. The Morgan fingerprint density at radius 3 is 2.33 bits per heavy atom. The van der Waals surface area contributed by atoms with E-state index in [1.54, 1.807) is 10.8 Å². The van der Waals surface area contributed by atoms with Crippen LogP contribution in [0.5, 0.6) is 5.75 Å². The van der Waals surface area contributed by atoms with Crippen molar-refractivity contribution >= 4 is 34.4 Å². The highest BCUT2D eigenvalue weighted by atomic mass is 35.5. The predicted octanol–water partition coefficient (Wildman–Crippen LogP) is 4.22. The first-order valence-electron chi connectivity index (χ1n) is 12.2. The Bertz CT molecular complexity index is 1560. The Balaban J connectivity index is 0.000000386. The van der Waals surface area contributed by atoms with Crippen molar-refractivity contribution in [3.63, 3.8) is 0 Å². The fourth-order valence-electron chi connectivity index (χ4n) is 4.28. The van der Waals surface area contributed by atoms with E-state index < -0.39 is 11.9 Å². The summed E-state index contributed by atoms with van der Waals surface area (Å²) < 4.78 is 9.85. The summed E-state index contributed by atoms with van der Waals surface area (Å²) in [6, 6.07) is 19.3. The van der Waals surface area contributed by atoms with Crippen molar-refractivity contribution in [1.29, 1.82) is 0 Å². The first-order valence-corrected chi connectivity index (χ1v) is 12.6. The summed E-state index contributed by atoms with van der Waals surface area (Å²) in [5, 5.41) is 17.5. The molecule has 2 aromatic heterocycles. The van der Waals surface area contributed by atoms with E-state index in [0.717, 1.165) is 37.3 Å². The Morgan fingerprint density at radius 2 is 1.67 bits per heavy atom. The third kappa shape index (κ3) is 7.37. The Labute approximate surface area is 229 Å². The van der Waals surface area contributed by atoms with E-state index in [4.69, 9.17) is 26.6 Å². The second-order valence-corrected chi connectivity index (χ2v) is 9.52. The molecule has 0 bridgehead atoms. The van der Waals surface area contributed by atoms with Crippen molar-refractivity contribution in [3.05, 3.63) is 106 Å². The van der Waals surface area contributed by atoms with E-state index in [1.165, 1.54) is 22.7 Å². The first kappa shape index (κ1) is 27.7. The monoisotopic (exact) mass is 549 g/mol. The van der Waals surface area contributed by atoms with Crippen LogP contribution in [0.4, 0.5) is 0 Å². The lowest BCUT2D eigenvalue weighted by Crippen LogP contribution is -2.21. The Kier molecular flexibility index (Phi) is 8.85. The molecular formula is C29H28ClN3O6. The zero-order chi connectivity index (χ0) is 27.9. The first-order chi connectivity index (χ1) is 18.7. The SMILES string of the molecule is CN1CCc2cc3cc(-n4ccc(OCc5ccc(Cl)cc5)cc4=O)ccc3n2CC1.O=C(O)/C=C\C(=O)O. The van der Waals surface area contributed by atoms with E-state index in [2.05, 4.69) is 34.7 Å². The third-order valence-corrected chi connectivity index (χ3v) is 6.53. The van der Waals surface area contributed by atoms with Gasteiger partial charge >= 0.3 is 11.9 Å². The molecule has 10 heteroatoms. The number of nitrogens with zero attached hydrogens (tertiary/aromatic N) is 3. The molecule has 2 N–H and O–H groups in total. The number of aliphatic carboxylic acids is 2. The van der Waals surface area contributed by atoms with Crippen LogP contribution in [0.2, 0.25) is 5.02 Å². The smallest absolute Gasteiger partial charge is 0.328 e. The lowest BCUT2D eigenvalue weighted by Gasteiger charge is -2.12. The van der Waals surface area contributed by atoms with Gasteiger partial charge in [-0.15, -0.1) is 0 Å². The largest absolute Gasteiger partial charge is 0.489 e. The van der Waals surface area contributed by atoms with Gasteiger partial charge in [0, 0.05) is 77.8 Å². The molecule has 9 nitrogen and oxygen atoms in total. The molecule has 2 aromatic carbocycles. The highest BCUT2D eigenvalue weighted by molar-refractivity contribution is 6.30. The number of hydrogen-bond donors (Lipinski definition) is 2. The van der Waals surface area contributed by atoms with Gasteiger partial charge in [0.1, 0.15) is 12.4 Å². The van der Waals surface area contributed by atoms with Crippen molar-refractivity contribution in [2.24, 2.45) is 0 Å². The van der Waals surface area contributed by atoms with Crippen LogP contribution in [0, 0.1) is 0 Å². The van der Waals surface area contributed by atoms with Crippen molar-refractivity contribution in [2.75, 3.05) is 20.1 Å². The number of carboxylic acid groups (broad SMARTS) is 2. The maximum atomic E-state index is 12.8. The molecule has 3 heterocycles. The lowest BCUT2D eigenvalue weighted by atomic mass is 10.2. The number of benzene rings is 2. The summed E-state index contributed by atoms with van der Waals surface area (Å²) in [7, 11) is 2.17. The summed E-state index contributed by atoms with van der Waals surface area (Å²) in [6.45, 7) is 3.50. The molecule has 39 heavy (non-hydrogen) atoms. The van der Waals surface area contributed by atoms with Gasteiger partial charge in [-0.25, -0.2) is 9.59 Å². The number of aromatic nitrogens is 2. The van der Waals surface area contributed by atoms with Crippen LogP contribution in [-0.4, -0.2) is 56.3 Å². The molecule has 4 aromatic rings. The maximum Gasteiger partial charge on any atom is 0.328 e. The summed E-state index contributed by atoms with van der Waals surface area (Å²) in [6.07, 6.45) is 3.93. The van der Waals surface area contributed by atoms with Gasteiger partial charge in [0.2, 0.25) is 0 Å². The Morgan fingerprint density at radius 1 is 0.949 bits per heavy atom. The van der Waals surface area contributed by atoms with Gasteiger partial charge in [0.15, 0.2) is 0 Å². The van der Waals surface area contributed by atoms with Gasteiger partial charge in [-0.2, -0.15) is 0 Å². The highest BCUT2D eigenvalue weighted by Gasteiger charge is 2.15. The summed E-state index contributed by atoms with van der Waals surface area (Å²) in [5.41, 5.74) is 4.33. The molecule has 0 aliphatic carbocycles. The van der Waals surface area contributed by atoms with E-state index >= 15 is 0 Å². The van der Waals surface area contributed by atoms with E-state index in [-0.39, 0.29) is 5.56 Å². The molecular weight excluding hydrogens is 522 g/mol. The molecule has 1 aliphatic rings. The van der Waals surface area contributed by atoms with Crippen molar-refractivity contribution in [2.45, 2.75) is 19.6 Å². The molecule has 5 rings (SSSR count). The third-order valence-electron chi connectivity index (χ3n) is 6.28. The van der Waals surface area contributed by atoms with Gasteiger partial charge in [0.05, 0.1) is 0 Å². The number of halogens is 1. The second-order valence-electron chi connectivity index (χ2n) is 9.08. The van der Waals surface area contributed by atoms with Crippen molar-refractivity contribution in [3.8, 4) is 11.4 Å². The fraction of sp³-hybridized carbons (Fsp3) is 0.207. The van der Waals surface area contributed by atoms with Gasteiger partial charge in [-0.3, -0.25) is 9.36 Å². The zero-order valence-corrected chi connectivity index (χ0v) is 22.0. The van der Waals surface area contributed by atoms with Gasteiger partial charge in [-0.1, -0.05) is 23.7 Å². The average Bonchev–Trinajstić information content (AvgIpc) is 3.15. The van der Waals surface area contributed by atoms with Crippen LogP contribution in [0.3, 0.4) is 0 Å². The maximum absolute atomic E-state index is 12.8. The van der Waals surface area contributed by atoms with Crippen LogP contribution in [0.25, 0.3) is 16.6 Å².